The standard InChI is InChI=1S/C13H11NO3/c15-8-9-3-1-4-10(7-9)11-5-2-6-12(14-11)13(16)17/h1-7,15H,8H2,(H,16,17). The van der Waals surface area contributed by atoms with Crippen LogP contribution in [0.15, 0.2) is 42.5 Å². The van der Waals surface area contributed by atoms with Crippen LogP contribution in [0.3, 0.4) is 0 Å². The third kappa shape index (κ3) is 2.49. The molecule has 1 aromatic heterocycles. The van der Waals surface area contributed by atoms with Crippen LogP contribution in [0.1, 0.15) is 16.1 Å². The Morgan fingerprint density at radius 3 is 2.65 bits per heavy atom. The molecule has 0 aliphatic carbocycles. The summed E-state index contributed by atoms with van der Waals surface area (Å²) in [5.74, 6) is -1.05. The molecule has 86 valence electrons. The van der Waals surface area contributed by atoms with E-state index in [9.17, 15) is 4.79 Å². The Morgan fingerprint density at radius 2 is 1.94 bits per heavy atom. The van der Waals surface area contributed by atoms with Gasteiger partial charge < -0.3 is 10.2 Å². The van der Waals surface area contributed by atoms with Gasteiger partial charge in [0.25, 0.3) is 0 Å². The number of aromatic nitrogens is 1. The summed E-state index contributed by atoms with van der Waals surface area (Å²) in [4.78, 5) is 14.8. The summed E-state index contributed by atoms with van der Waals surface area (Å²) in [6.45, 7) is -0.0491. The van der Waals surface area contributed by atoms with E-state index >= 15 is 0 Å². The average Bonchev–Trinajstić information content (AvgIpc) is 2.39. The van der Waals surface area contributed by atoms with Crippen LogP contribution in [-0.4, -0.2) is 21.2 Å². The van der Waals surface area contributed by atoms with Crippen LogP contribution >= 0.6 is 0 Å². The van der Waals surface area contributed by atoms with E-state index in [4.69, 9.17) is 10.2 Å². The van der Waals surface area contributed by atoms with Gasteiger partial charge in [-0.15, -0.1) is 0 Å². The molecule has 0 saturated carbocycles. The SMILES string of the molecule is O=C(O)c1cccc(-c2cccc(CO)c2)n1. The van der Waals surface area contributed by atoms with Gasteiger partial charge in [0.05, 0.1) is 12.3 Å². The van der Waals surface area contributed by atoms with Gasteiger partial charge in [0.1, 0.15) is 5.69 Å². The first kappa shape index (κ1) is 11.3. The Hall–Kier alpha value is -2.20. The maximum absolute atomic E-state index is 10.8. The van der Waals surface area contributed by atoms with Gasteiger partial charge in [0.2, 0.25) is 0 Å². The molecule has 2 rings (SSSR count). The predicted octanol–water partition coefficient (Wildman–Crippen LogP) is 1.94. The molecule has 0 saturated heterocycles. The van der Waals surface area contributed by atoms with Crippen molar-refractivity contribution in [2.45, 2.75) is 6.61 Å². The number of carboxylic acids is 1. The van der Waals surface area contributed by atoms with Gasteiger partial charge in [-0.3, -0.25) is 0 Å². The molecular formula is C13H11NO3. The van der Waals surface area contributed by atoms with Crippen molar-refractivity contribution in [1.29, 1.82) is 0 Å². The third-order valence-electron chi connectivity index (χ3n) is 2.37. The Labute approximate surface area is 98.2 Å². The topological polar surface area (TPSA) is 70.4 Å². The van der Waals surface area contributed by atoms with Gasteiger partial charge in [0, 0.05) is 5.56 Å². The van der Waals surface area contributed by atoms with Crippen LogP contribution in [0.5, 0.6) is 0 Å². The molecule has 0 bridgehead atoms. The number of hydrogen-bond donors (Lipinski definition) is 2. The summed E-state index contributed by atoms with van der Waals surface area (Å²) >= 11 is 0. The first-order valence-corrected chi connectivity index (χ1v) is 5.11. The number of carbonyl (C=O) groups is 1. The fourth-order valence-electron chi connectivity index (χ4n) is 1.54. The number of aromatic carboxylic acids is 1. The summed E-state index contributed by atoms with van der Waals surface area (Å²) in [5, 5.41) is 17.9. The summed E-state index contributed by atoms with van der Waals surface area (Å²) in [5.41, 5.74) is 2.15. The van der Waals surface area contributed by atoms with Crippen molar-refractivity contribution >= 4 is 5.97 Å². The molecule has 0 amide bonds. The first-order chi connectivity index (χ1) is 8.20. The van der Waals surface area contributed by atoms with Crippen molar-refractivity contribution in [2.75, 3.05) is 0 Å². The zero-order valence-corrected chi connectivity index (χ0v) is 9.00. The van der Waals surface area contributed by atoms with E-state index in [1.54, 1.807) is 30.3 Å². The lowest BCUT2D eigenvalue weighted by Gasteiger charge is -2.03. The molecular weight excluding hydrogens is 218 g/mol. The molecule has 0 spiro atoms. The molecule has 17 heavy (non-hydrogen) atoms. The van der Waals surface area contributed by atoms with Crippen LogP contribution in [0, 0.1) is 0 Å². The maximum atomic E-state index is 10.8. The molecule has 2 aromatic rings. The maximum Gasteiger partial charge on any atom is 0.354 e. The van der Waals surface area contributed by atoms with Crippen LogP contribution in [0.4, 0.5) is 0 Å². The highest BCUT2D eigenvalue weighted by molar-refractivity contribution is 5.86. The fraction of sp³-hybridized carbons (Fsp3) is 0.0769. The molecule has 0 radical (unpaired) electrons. The Kier molecular flexibility index (Phi) is 3.16. The highest BCUT2D eigenvalue weighted by Gasteiger charge is 2.06. The van der Waals surface area contributed by atoms with Gasteiger partial charge in [-0.1, -0.05) is 24.3 Å². The number of carboxylic acid groups (broad SMARTS) is 1. The quantitative estimate of drug-likeness (QED) is 0.843. The Bertz CT molecular complexity index is 552. The van der Waals surface area contributed by atoms with Gasteiger partial charge in [-0.25, -0.2) is 9.78 Å². The zero-order chi connectivity index (χ0) is 12.3. The highest BCUT2D eigenvalue weighted by atomic mass is 16.4. The molecule has 0 aliphatic heterocycles. The molecule has 0 unspecified atom stereocenters. The largest absolute Gasteiger partial charge is 0.477 e. The zero-order valence-electron chi connectivity index (χ0n) is 9.00. The smallest absolute Gasteiger partial charge is 0.354 e. The number of aliphatic hydroxyl groups excluding tert-OH is 1. The summed E-state index contributed by atoms with van der Waals surface area (Å²) < 4.78 is 0. The average molecular weight is 229 g/mol. The van der Waals surface area contributed by atoms with Crippen molar-refractivity contribution in [1.82, 2.24) is 4.98 Å². The van der Waals surface area contributed by atoms with Gasteiger partial charge in [0.15, 0.2) is 0 Å². The second-order valence-corrected chi connectivity index (χ2v) is 3.57. The number of aliphatic hydroxyl groups is 1. The van der Waals surface area contributed by atoms with Crippen LogP contribution in [0.2, 0.25) is 0 Å². The Morgan fingerprint density at radius 1 is 1.18 bits per heavy atom. The lowest BCUT2D eigenvalue weighted by Crippen LogP contribution is -2.00. The van der Waals surface area contributed by atoms with E-state index in [2.05, 4.69) is 4.98 Å². The number of hydrogen-bond acceptors (Lipinski definition) is 3. The minimum atomic E-state index is -1.05. The van der Waals surface area contributed by atoms with Gasteiger partial charge in [-0.05, 0) is 23.8 Å². The minimum absolute atomic E-state index is 0.0110. The van der Waals surface area contributed by atoms with Gasteiger partial charge in [-0.2, -0.15) is 0 Å². The van der Waals surface area contributed by atoms with E-state index < -0.39 is 5.97 Å². The summed E-state index contributed by atoms with van der Waals surface area (Å²) in [6.07, 6.45) is 0. The normalized spacial score (nSPS) is 10.2. The van der Waals surface area contributed by atoms with E-state index in [-0.39, 0.29) is 12.3 Å². The summed E-state index contributed by atoms with van der Waals surface area (Å²) in [7, 11) is 0. The minimum Gasteiger partial charge on any atom is -0.477 e. The van der Waals surface area contributed by atoms with Gasteiger partial charge >= 0.3 is 5.97 Å². The Balaban J connectivity index is 2.45. The summed E-state index contributed by atoms with van der Waals surface area (Å²) in [6, 6.07) is 12.0. The molecule has 0 atom stereocenters. The molecule has 0 aliphatic rings. The molecule has 4 nitrogen and oxygen atoms in total. The number of rotatable bonds is 3. The highest BCUT2D eigenvalue weighted by Crippen LogP contribution is 2.18. The van der Waals surface area contributed by atoms with E-state index in [0.29, 0.717) is 5.69 Å². The van der Waals surface area contributed by atoms with Crippen LogP contribution in [0.25, 0.3) is 11.3 Å². The third-order valence-corrected chi connectivity index (χ3v) is 2.37. The van der Waals surface area contributed by atoms with E-state index in [1.165, 1.54) is 6.07 Å². The number of pyridine rings is 1. The van der Waals surface area contributed by atoms with Crippen LogP contribution in [-0.2, 0) is 6.61 Å². The lowest BCUT2D eigenvalue weighted by atomic mass is 10.1. The second kappa shape index (κ2) is 4.76. The predicted molar refractivity (Wildman–Crippen MR) is 62.6 cm³/mol. The van der Waals surface area contributed by atoms with Crippen molar-refractivity contribution < 1.29 is 15.0 Å². The van der Waals surface area contributed by atoms with E-state index in [0.717, 1.165) is 11.1 Å². The van der Waals surface area contributed by atoms with Crippen molar-refractivity contribution in [2.24, 2.45) is 0 Å². The fourth-order valence-corrected chi connectivity index (χ4v) is 1.54. The molecule has 1 aromatic carbocycles. The second-order valence-electron chi connectivity index (χ2n) is 3.57. The van der Waals surface area contributed by atoms with Crippen LogP contribution < -0.4 is 0 Å². The molecule has 0 fully saturated rings. The van der Waals surface area contributed by atoms with Crippen molar-refractivity contribution in [3.05, 3.63) is 53.7 Å². The number of nitrogens with zero attached hydrogens (tertiary/aromatic N) is 1. The number of benzene rings is 1. The molecule has 1 heterocycles. The monoisotopic (exact) mass is 229 g/mol. The lowest BCUT2D eigenvalue weighted by molar-refractivity contribution is 0.0690. The van der Waals surface area contributed by atoms with E-state index in [1.807, 2.05) is 6.07 Å². The van der Waals surface area contributed by atoms with Crippen molar-refractivity contribution in [3.63, 3.8) is 0 Å². The first-order valence-electron chi connectivity index (χ1n) is 5.11. The molecule has 4 heteroatoms. The van der Waals surface area contributed by atoms with Crippen molar-refractivity contribution in [3.8, 4) is 11.3 Å². The molecule has 2 N–H and O–H groups in total.